The minimum atomic E-state index is -2.45. The molecule has 1 saturated heterocycles. The van der Waals surface area contributed by atoms with E-state index in [0.29, 0.717) is 0 Å². The molecule has 0 N–H and O–H groups in total. The summed E-state index contributed by atoms with van der Waals surface area (Å²) >= 11 is 0. The molecular formula is C13H30NO3Si+. The molecule has 0 bridgehead atoms. The van der Waals surface area contributed by atoms with Gasteiger partial charge in [0.1, 0.15) is 6.17 Å². The highest BCUT2D eigenvalue weighted by Crippen LogP contribution is 2.29. The Morgan fingerprint density at radius 1 is 1.17 bits per heavy atom. The SMILES string of the molecule is CO[Si](C[N+]1(C)CCC(CC(C)C)C1)(OC)OC. The molecule has 1 rings (SSSR count). The van der Waals surface area contributed by atoms with Crippen LogP contribution in [-0.2, 0) is 13.3 Å². The molecule has 1 heterocycles. The summed E-state index contributed by atoms with van der Waals surface area (Å²) in [6.45, 7) is 7.05. The highest BCUT2D eigenvalue weighted by Gasteiger charge is 2.49. The normalized spacial score (nSPS) is 29.2. The molecular weight excluding hydrogens is 246 g/mol. The first-order chi connectivity index (χ1) is 8.38. The fraction of sp³-hybridized carbons (Fsp3) is 1.00. The lowest BCUT2D eigenvalue weighted by atomic mass is 9.97. The van der Waals surface area contributed by atoms with Crippen molar-refractivity contribution in [3.8, 4) is 0 Å². The largest absolute Gasteiger partial charge is 0.558 e. The smallest absolute Gasteiger partial charge is 0.374 e. The average Bonchev–Trinajstić information content (AvgIpc) is 2.67. The van der Waals surface area contributed by atoms with E-state index in [1.54, 1.807) is 21.3 Å². The maximum atomic E-state index is 5.56. The summed E-state index contributed by atoms with van der Waals surface area (Å²) < 4.78 is 17.7. The van der Waals surface area contributed by atoms with Crippen LogP contribution in [0.2, 0.25) is 0 Å². The van der Waals surface area contributed by atoms with Gasteiger partial charge < -0.3 is 17.8 Å². The Morgan fingerprint density at radius 2 is 1.72 bits per heavy atom. The summed E-state index contributed by atoms with van der Waals surface area (Å²) in [7, 11) is 4.96. The Hall–Kier alpha value is 0.0569. The predicted octanol–water partition coefficient (Wildman–Crippen LogP) is 1.92. The zero-order valence-electron chi connectivity index (χ0n) is 12.9. The second-order valence-corrected chi connectivity index (χ2v) is 9.17. The molecule has 18 heavy (non-hydrogen) atoms. The second kappa shape index (κ2) is 6.48. The van der Waals surface area contributed by atoms with E-state index >= 15 is 0 Å². The van der Waals surface area contributed by atoms with Gasteiger partial charge in [-0.3, -0.25) is 0 Å². The van der Waals surface area contributed by atoms with Gasteiger partial charge in [0.2, 0.25) is 0 Å². The molecule has 0 saturated carbocycles. The highest BCUT2D eigenvalue weighted by molar-refractivity contribution is 6.60. The van der Waals surface area contributed by atoms with Crippen molar-refractivity contribution >= 4 is 8.80 Å². The molecule has 0 aromatic rings. The number of rotatable bonds is 7. The summed E-state index contributed by atoms with van der Waals surface area (Å²) in [5.41, 5.74) is 0. The van der Waals surface area contributed by atoms with Crippen LogP contribution in [-0.4, -0.2) is 60.9 Å². The van der Waals surface area contributed by atoms with Crippen LogP contribution in [0.3, 0.4) is 0 Å². The van der Waals surface area contributed by atoms with Gasteiger partial charge in [0.15, 0.2) is 0 Å². The third-order valence-corrected chi connectivity index (χ3v) is 7.11. The zero-order valence-corrected chi connectivity index (χ0v) is 13.9. The average molecular weight is 276 g/mol. The number of hydrogen-bond acceptors (Lipinski definition) is 3. The van der Waals surface area contributed by atoms with Crippen LogP contribution in [0.5, 0.6) is 0 Å². The fourth-order valence-corrected chi connectivity index (χ4v) is 5.32. The highest BCUT2D eigenvalue weighted by atomic mass is 28.4. The number of quaternary nitrogens is 1. The molecule has 1 fully saturated rings. The van der Waals surface area contributed by atoms with Crippen LogP contribution >= 0.6 is 0 Å². The predicted molar refractivity (Wildman–Crippen MR) is 75.1 cm³/mol. The van der Waals surface area contributed by atoms with Gasteiger partial charge in [-0.25, -0.2) is 0 Å². The summed E-state index contributed by atoms with van der Waals surface area (Å²) in [5.74, 6) is 1.63. The van der Waals surface area contributed by atoms with Crippen LogP contribution < -0.4 is 0 Å². The lowest BCUT2D eigenvalue weighted by molar-refractivity contribution is -0.891. The van der Waals surface area contributed by atoms with Gasteiger partial charge in [-0.15, -0.1) is 0 Å². The van der Waals surface area contributed by atoms with Gasteiger partial charge in [-0.1, -0.05) is 13.8 Å². The summed E-state index contributed by atoms with van der Waals surface area (Å²) in [6.07, 6.45) is 3.52. The van der Waals surface area contributed by atoms with E-state index < -0.39 is 8.80 Å². The van der Waals surface area contributed by atoms with Crippen molar-refractivity contribution in [1.29, 1.82) is 0 Å². The number of nitrogens with zero attached hydrogens (tertiary/aromatic N) is 1. The lowest BCUT2D eigenvalue weighted by Gasteiger charge is -2.35. The van der Waals surface area contributed by atoms with Crippen molar-refractivity contribution in [3.05, 3.63) is 0 Å². The van der Waals surface area contributed by atoms with Gasteiger partial charge in [0, 0.05) is 33.7 Å². The molecule has 1 aliphatic rings. The van der Waals surface area contributed by atoms with E-state index in [-0.39, 0.29) is 0 Å². The molecule has 1 aliphatic heterocycles. The van der Waals surface area contributed by atoms with E-state index in [1.807, 2.05) is 0 Å². The second-order valence-electron chi connectivity index (χ2n) is 6.26. The van der Waals surface area contributed by atoms with Crippen LogP contribution in [0.15, 0.2) is 0 Å². The molecule has 5 heteroatoms. The maximum absolute atomic E-state index is 5.56. The Morgan fingerprint density at radius 3 is 2.17 bits per heavy atom. The monoisotopic (exact) mass is 276 g/mol. The molecule has 2 unspecified atom stereocenters. The first kappa shape index (κ1) is 16.1. The van der Waals surface area contributed by atoms with Gasteiger partial charge in [0.05, 0.1) is 20.1 Å². The Kier molecular flexibility index (Phi) is 5.80. The third kappa shape index (κ3) is 4.03. The quantitative estimate of drug-likeness (QED) is 0.525. The first-order valence-electron chi connectivity index (χ1n) is 6.87. The van der Waals surface area contributed by atoms with Crippen molar-refractivity contribution in [1.82, 2.24) is 0 Å². The van der Waals surface area contributed by atoms with Crippen LogP contribution in [0, 0.1) is 11.8 Å². The first-order valence-corrected chi connectivity index (χ1v) is 8.81. The minimum Gasteiger partial charge on any atom is -0.374 e. The van der Waals surface area contributed by atoms with E-state index in [4.69, 9.17) is 13.3 Å². The van der Waals surface area contributed by atoms with Crippen molar-refractivity contribution in [2.24, 2.45) is 11.8 Å². The molecule has 0 aromatic heterocycles. The lowest BCUT2D eigenvalue weighted by Crippen LogP contribution is -2.59. The summed E-state index contributed by atoms with van der Waals surface area (Å²) in [6, 6.07) is 0. The topological polar surface area (TPSA) is 27.7 Å². The molecule has 0 amide bonds. The van der Waals surface area contributed by atoms with Crippen molar-refractivity contribution in [2.75, 3.05) is 47.6 Å². The van der Waals surface area contributed by atoms with Gasteiger partial charge in [-0.2, -0.15) is 0 Å². The Bertz CT molecular complexity index is 250. The minimum absolute atomic E-state index is 0.788. The van der Waals surface area contributed by atoms with Crippen molar-refractivity contribution < 1.29 is 17.8 Å². The van der Waals surface area contributed by atoms with E-state index in [2.05, 4.69) is 20.9 Å². The molecule has 2 atom stereocenters. The fourth-order valence-electron chi connectivity index (χ4n) is 3.21. The van der Waals surface area contributed by atoms with E-state index in [1.165, 1.54) is 25.9 Å². The number of likely N-dealkylation sites (tertiary alicyclic amines) is 1. The zero-order chi connectivity index (χ0) is 13.8. The van der Waals surface area contributed by atoms with Crippen LogP contribution in [0.25, 0.3) is 0 Å². The molecule has 0 aromatic carbocycles. The molecule has 0 spiro atoms. The van der Waals surface area contributed by atoms with E-state index in [9.17, 15) is 0 Å². The van der Waals surface area contributed by atoms with Crippen LogP contribution in [0.4, 0.5) is 0 Å². The number of hydrogen-bond donors (Lipinski definition) is 0. The maximum Gasteiger partial charge on any atom is 0.558 e. The summed E-state index contributed by atoms with van der Waals surface area (Å²) in [4.78, 5) is 0. The molecule has 108 valence electrons. The van der Waals surface area contributed by atoms with Gasteiger partial charge >= 0.3 is 8.80 Å². The third-order valence-electron chi connectivity index (χ3n) is 4.09. The van der Waals surface area contributed by atoms with Gasteiger partial charge in [-0.05, 0) is 12.3 Å². The molecule has 0 aliphatic carbocycles. The standard InChI is InChI=1S/C13H30NO3Si/c1-12(2)9-13-7-8-14(3,10-13)11-18(15-4,16-5)17-6/h12-13H,7-11H2,1-6H3/q+1. The summed E-state index contributed by atoms with van der Waals surface area (Å²) in [5, 5.41) is 0. The molecule has 0 radical (unpaired) electrons. The Labute approximate surface area is 113 Å². The van der Waals surface area contributed by atoms with E-state index in [0.717, 1.165) is 22.5 Å². The van der Waals surface area contributed by atoms with Crippen molar-refractivity contribution in [3.63, 3.8) is 0 Å². The van der Waals surface area contributed by atoms with Crippen LogP contribution in [0.1, 0.15) is 26.7 Å². The Balaban J connectivity index is 2.61. The van der Waals surface area contributed by atoms with Crippen molar-refractivity contribution in [2.45, 2.75) is 26.7 Å². The van der Waals surface area contributed by atoms with Gasteiger partial charge in [0.25, 0.3) is 0 Å². The molecule has 4 nitrogen and oxygen atoms in total.